The topological polar surface area (TPSA) is 24.4 Å². The van der Waals surface area contributed by atoms with E-state index in [0.717, 1.165) is 5.04 Å². The third-order valence-corrected chi connectivity index (χ3v) is 1.61. The van der Waals surface area contributed by atoms with Crippen molar-refractivity contribution in [1.82, 2.24) is 4.72 Å². The molecule has 0 aromatic carbocycles. The lowest BCUT2D eigenvalue weighted by Gasteiger charge is -1.91. The van der Waals surface area contributed by atoms with Gasteiger partial charge in [0.15, 0.2) is 0 Å². The quantitative estimate of drug-likeness (QED) is 0.477. The molecule has 1 N–H and O–H groups in total. The van der Waals surface area contributed by atoms with Crippen LogP contribution < -0.4 is 4.72 Å². The molecular formula is C4H8N2S. The van der Waals surface area contributed by atoms with E-state index in [-0.39, 0.29) is 0 Å². The minimum atomic E-state index is 0.324. The first-order chi connectivity index (χ1) is 3.29. The predicted molar refractivity (Wildman–Crippen MR) is 33.3 cm³/mol. The predicted octanol–water partition coefficient (Wildman–Crippen LogP) is 1.00. The summed E-state index contributed by atoms with van der Waals surface area (Å²) in [6.45, 7) is 4.03. The highest BCUT2D eigenvalue weighted by atomic mass is 32.2. The van der Waals surface area contributed by atoms with Crippen molar-refractivity contribution in [2.75, 3.05) is 0 Å². The number of nitrogens with zero attached hydrogens (tertiary/aromatic N) is 1. The lowest BCUT2D eigenvalue weighted by Crippen LogP contribution is -2.09. The third kappa shape index (κ3) is 1.17. The maximum absolute atomic E-state index is 4.16. The fraction of sp³-hybridized carbons (Fsp3) is 0.750. The van der Waals surface area contributed by atoms with E-state index < -0.39 is 0 Å². The van der Waals surface area contributed by atoms with Crippen LogP contribution >= 0.6 is 11.9 Å². The van der Waals surface area contributed by atoms with Crippen molar-refractivity contribution >= 4 is 17.0 Å². The van der Waals surface area contributed by atoms with Crippen LogP contribution in [0.15, 0.2) is 4.99 Å². The van der Waals surface area contributed by atoms with Gasteiger partial charge < -0.3 is 0 Å². The Labute approximate surface area is 47.5 Å². The Balaban J connectivity index is 2.50. The van der Waals surface area contributed by atoms with Gasteiger partial charge in [0.25, 0.3) is 0 Å². The van der Waals surface area contributed by atoms with Gasteiger partial charge in [-0.2, -0.15) is 0 Å². The van der Waals surface area contributed by atoms with Crippen molar-refractivity contribution in [3.8, 4) is 0 Å². The second kappa shape index (κ2) is 1.84. The van der Waals surface area contributed by atoms with Crippen LogP contribution in [0.5, 0.6) is 0 Å². The molecular weight excluding hydrogens is 108 g/mol. The fourth-order valence-corrected chi connectivity index (χ4v) is 1.10. The van der Waals surface area contributed by atoms with E-state index in [2.05, 4.69) is 9.71 Å². The monoisotopic (exact) mass is 116 g/mol. The SMILES string of the molecule is CC1=N[C@@H](C)NS1. The fourth-order valence-electron chi connectivity index (χ4n) is 0.496. The van der Waals surface area contributed by atoms with Crippen molar-refractivity contribution in [2.45, 2.75) is 20.0 Å². The summed E-state index contributed by atoms with van der Waals surface area (Å²) < 4.78 is 3.08. The Morgan fingerprint density at radius 3 is 2.71 bits per heavy atom. The van der Waals surface area contributed by atoms with Gasteiger partial charge >= 0.3 is 0 Å². The molecule has 0 radical (unpaired) electrons. The lowest BCUT2D eigenvalue weighted by molar-refractivity contribution is 0.752. The van der Waals surface area contributed by atoms with E-state index >= 15 is 0 Å². The van der Waals surface area contributed by atoms with Crippen LogP contribution in [-0.2, 0) is 0 Å². The van der Waals surface area contributed by atoms with Crippen LogP contribution in [-0.4, -0.2) is 11.2 Å². The summed E-state index contributed by atoms with van der Waals surface area (Å²) in [5, 5.41) is 1.13. The number of hydrogen-bond donors (Lipinski definition) is 1. The zero-order valence-electron chi connectivity index (χ0n) is 4.43. The molecule has 0 saturated heterocycles. The zero-order valence-corrected chi connectivity index (χ0v) is 5.25. The first kappa shape index (κ1) is 5.12. The molecule has 1 atom stereocenters. The van der Waals surface area contributed by atoms with Crippen LogP contribution in [0.2, 0.25) is 0 Å². The van der Waals surface area contributed by atoms with Crippen molar-refractivity contribution in [1.29, 1.82) is 0 Å². The molecule has 7 heavy (non-hydrogen) atoms. The minimum absolute atomic E-state index is 0.324. The number of rotatable bonds is 0. The van der Waals surface area contributed by atoms with Crippen molar-refractivity contribution < 1.29 is 0 Å². The number of aliphatic imine (C=N–C) groups is 1. The summed E-state index contributed by atoms with van der Waals surface area (Å²) in [7, 11) is 0. The molecule has 0 bridgehead atoms. The van der Waals surface area contributed by atoms with Crippen molar-refractivity contribution in [3.05, 3.63) is 0 Å². The average Bonchev–Trinajstić information content (AvgIpc) is 1.87. The van der Waals surface area contributed by atoms with E-state index in [4.69, 9.17) is 0 Å². The largest absolute Gasteiger partial charge is 0.263 e. The molecule has 1 aliphatic heterocycles. The second-order valence-electron chi connectivity index (χ2n) is 1.54. The van der Waals surface area contributed by atoms with Gasteiger partial charge in [-0.25, -0.2) is 4.72 Å². The molecule has 2 nitrogen and oxygen atoms in total. The molecule has 0 amide bonds. The Kier molecular flexibility index (Phi) is 1.35. The summed E-state index contributed by atoms with van der Waals surface area (Å²) in [6, 6.07) is 0. The molecule has 0 spiro atoms. The number of nitrogens with one attached hydrogen (secondary N) is 1. The van der Waals surface area contributed by atoms with Gasteiger partial charge in [-0.1, -0.05) is 0 Å². The van der Waals surface area contributed by atoms with Gasteiger partial charge in [-0.05, 0) is 25.8 Å². The highest BCUT2D eigenvalue weighted by molar-refractivity contribution is 8.12. The Morgan fingerprint density at radius 2 is 2.57 bits per heavy atom. The van der Waals surface area contributed by atoms with Gasteiger partial charge in [0.05, 0.1) is 5.04 Å². The second-order valence-corrected chi connectivity index (χ2v) is 2.57. The lowest BCUT2D eigenvalue weighted by atomic mass is 10.6. The van der Waals surface area contributed by atoms with Crippen molar-refractivity contribution in [3.63, 3.8) is 0 Å². The van der Waals surface area contributed by atoms with Crippen LogP contribution in [0.4, 0.5) is 0 Å². The molecule has 0 saturated carbocycles. The molecule has 1 aliphatic rings. The average molecular weight is 116 g/mol. The molecule has 1 rings (SSSR count). The van der Waals surface area contributed by atoms with Gasteiger partial charge in [0.2, 0.25) is 0 Å². The molecule has 0 fully saturated rings. The van der Waals surface area contributed by atoms with Crippen LogP contribution in [0.25, 0.3) is 0 Å². The molecule has 40 valence electrons. The van der Waals surface area contributed by atoms with Gasteiger partial charge in [-0.15, -0.1) is 0 Å². The third-order valence-electron chi connectivity index (χ3n) is 0.753. The molecule has 0 aromatic heterocycles. The summed E-state index contributed by atoms with van der Waals surface area (Å²) in [6.07, 6.45) is 0.324. The minimum Gasteiger partial charge on any atom is -0.263 e. The maximum atomic E-state index is 4.16. The molecule has 1 heterocycles. The Bertz CT molecular complexity index is 99.9. The highest BCUT2D eigenvalue weighted by Crippen LogP contribution is 2.08. The summed E-state index contributed by atoms with van der Waals surface area (Å²) in [4.78, 5) is 4.16. The van der Waals surface area contributed by atoms with E-state index in [1.54, 1.807) is 11.9 Å². The normalized spacial score (nSPS) is 30.6. The standard InChI is InChI=1S/C4H8N2S/c1-3-5-4(2)7-6-3/h3,6H,1-2H3/t3-/m1/s1. The molecule has 0 aliphatic carbocycles. The maximum Gasteiger partial charge on any atom is 0.107 e. The van der Waals surface area contributed by atoms with Gasteiger partial charge in [0.1, 0.15) is 6.17 Å². The van der Waals surface area contributed by atoms with E-state index in [1.165, 1.54) is 0 Å². The van der Waals surface area contributed by atoms with E-state index in [0.29, 0.717) is 6.17 Å². The van der Waals surface area contributed by atoms with Crippen LogP contribution in [0, 0.1) is 0 Å². The molecule has 3 heteroatoms. The zero-order chi connectivity index (χ0) is 5.28. The van der Waals surface area contributed by atoms with Gasteiger partial charge in [0, 0.05) is 0 Å². The Hall–Kier alpha value is -0.0200. The van der Waals surface area contributed by atoms with E-state index in [9.17, 15) is 0 Å². The summed E-state index contributed by atoms with van der Waals surface area (Å²) >= 11 is 1.61. The highest BCUT2D eigenvalue weighted by Gasteiger charge is 2.06. The summed E-state index contributed by atoms with van der Waals surface area (Å²) in [5.74, 6) is 0. The summed E-state index contributed by atoms with van der Waals surface area (Å²) in [5.41, 5.74) is 0. The number of hydrogen-bond acceptors (Lipinski definition) is 3. The molecule has 0 aromatic rings. The first-order valence-corrected chi connectivity index (χ1v) is 3.07. The van der Waals surface area contributed by atoms with Crippen LogP contribution in [0.1, 0.15) is 13.8 Å². The first-order valence-electron chi connectivity index (χ1n) is 2.26. The Morgan fingerprint density at radius 1 is 1.86 bits per heavy atom. The van der Waals surface area contributed by atoms with E-state index in [1.807, 2.05) is 13.8 Å². The van der Waals surface area contributed by atoms with Gasteiger partial charge in [-0.3, -0.25) is 4.99 Å². The van der Waals surface area contributed by atoms with Crippen LogP contribution in [0.3, 0.4) is 0 Å². The van der Waals surface area contributed by atoms with Crippen molar-refractivity contribution in [2.24, 2.45) is 4.99 Å². The molecule has 0 unspecified atom stereocenters. The smallest absolute Gasteiger partial charge is 0.107 e.